The Morgan fingerprint density at radius 1 is 1.02 bits per heavy atom. The van der Waals surface area contributed by atoms with E-state index in [1.165, 1.54) is 22.4 Å². The smallest absolute Gasteiger partial charge is 0.278 e. The number of hydrogen-bond acceptors (Lipinski definition) is 11. The number of carbonyl (C=O) groups excluding carboxylic acids is 2. The molecule has 0 bridgehead atoms. The molecule has 4 aromatic heterocycles. The van der Waals surface area contributed by atoms with Crippen LogP contribution >= 0.6 is 0 Å². The molecule has 2 fully saturated rings. The van der Waals surface area contributed by atoms with Gasteiger partial charge in [0.25, 0.3) is 5.56 Å². The van der Waals surface area contributed by atoms with Gasteiger partial charge < -0.3 is 14.7 Å². The van der Waals surface area contributed by atoms with Gasteiger partial charge in [0.1, 0.15) is 5.39 Å². The molecule has 2 N–H and O–H groups in total. The lowest BCUT2D eigenvalue weighted by molar-refractivity contribution is -0.125. The number of nitrogens with one attached hydrogen (secondary N) is 2. The molecular weight excluding hydrogens is 769 g/mol. The average Bonchev–Trinajstić information content (AvgIpc) is 4.05. The molecule has 314 valence electrons. The number of hydrogen-bond donors (Lipinski definition) is 2. The van der Waals surface area contributed by atoms with E-state index < -0.39 is 0 Å². The van der Waals surface area contributed by atoms with Crippen LogP contribution < -0.4 is 21.1 Å². The molecule has 2 amide bonds. The van der Waals surface area contributed by atoms with Gasteiger partial charge in [-0.15, -0.1) is 6.58 Å². The van der Waals surface area contributed by atoms with E-state index in [1.54, 1.807) is 17.0 Å². The predicted octanol–water partition coefficient (Wildman–Crippen LogP) is 6.71. The Balaban J connectivity index is 0.761. The lowest BCUT2D eigenvalue weighted by Gasteiger charge is -2.53. The number of anilines is 3. The number of pyridine rings is 1. The maximum atomic E-state index is 13.5. The number of benzene rings is 2. The molecule has 0 saturated carbocycles. The van der Waals surface area contributed by atoms with Crippen molar-refractivity contribution in [3.05, 3.63) is 106 Å². The number of allylic oxidation sites excluding steroid dienone is 1. The fourth-order valence-electron chi connectivity index (χ4n) is 10.6. The first-order chi connectivity index (χ1) is 29.7. The molecule has 6 aromatic rings. The molecule has 2 unspecified atom stereocenters. The summed E-state index contributed by atoms with van der Waals surface area (Å²) >= 11 is 0. The number of amides is 2. The molecular formula is C47H52N10O4. The molecule has 2 aromatic carbocycles. The van der Waals surface area contributed by atoms with Crippen LogP contribution in [0.2, 0.25) is 0 Å². The molecule has 6 heterocycles. The highest BCUT2D eigenvalue weighted by Crippen LogP contribution is 2.48. The van der Waals surface area contributed by atoms with Gasteiger partial charge in [-0.05, 0) is 98.9 Å². The third-order valence-electron chi connectivity index (χ3n) is 13.9. The fraction of sp³-hybridized carbons (Fsp3) is 0.426. The normalized spacial score (nSPS) is 18.9. The first-order valence-corrected chi connectivity index (χ1v) is 21.8. The summed E-state index contributed by atoms with van der Waals surface area (Å²) in [6, 6.07) is 17.6. The lowest BCUT2D eigenvalue weighted by atomic mass is 9.75. The minimum Gasteiger partial charge on any atom is -0.371 e. The predicted molar refractivity (Wildman–Crippen MR) is 235 cm³/mol. The third-order valence-corrected chi connectivity index (χ3v) is 13.9. The molecule has 2 aliphatic heterocycles. The monoisotopic (exact) mass is 820 g/mol. The largest absolute Gasteiger partial charge is 0.371 e. The van der Waals surface area contributed by atoms with E-state index in [2.05, 4.69) is 93.5 Å². The van der Waals surface area contributed by atoms with Crippen LogP contribution in [0.4, 0.5) is 17.3 Å². The van der Waals surface area contributed by atoms with Gasteiger partial charge in [-0.25, -0.2) is 19.3 Å². The Morgan fingerprint density at radius 2 is 1.82 bits per heavy atom. The van der Waals surface area contributed by atoms with Gasteiger partial charge in [0.05, 0.1) is 12.2 Å². The number of nitrogens with zero attached hydrogens (tertiary/aromatic N) is 8. The number of rotatable bonds is 13. The first-order valence-electron chi connectivity index (χ1n) is 21.8. The molecule has 0 radical (unpaired) electrons. The zero-order valence-electron chi connectivity index (χ0n) is 34.9. The molecule has 1 spiro atoms. The van der Waals surface area contributed by atoms with Crippen LogP contribution in [0.3, 0.4) is 0 Å². The molecule has 10 rings (SSSR count). The van der Waals surface area contributed by atoms with Gasteiger partial charge >= 0.3 is 0 Å². The van der Waals surface area contributed by atoms with E-state index in [9.17, 15) is 14.4 Å². The number of imide groups is 1. The van der Waals surface area contributed by atoms with Crippen LogP contribution in [-0.4, -0.2) is 78.9 Å². The van der Waals surface area contributed by atoms with Gasteiger partial charge in [0, 0.05) is 90.1 Å². The van der Waals surface area contributed by atoms with Gasteiger partial charge in [0.15, 0.2) is 17.0 Å². The molecule has 61 heavy (non-hydrogen) atoms. The zero-order chi connectivity index (χ0) is 41.8. The van der Waals surface area contributed by atoms with Gasteiger partial charge in [0.2, 0.25) is 18.3 Å². The number of likely N-dealkylation sites (tertiary alicyclic amines) is 1. The van der Waals surface area contributed by atoms with Gasteiger partial charge in [-0.3, -0.25) is 24.6 Å². The Bertz CT molecular complexity index is 2720. The quantitative estimate of drug-likeness (QED) is 0.0943. The van der Waals surface area contributed by atoms with Crippen LogP contribution in [0.25, 0.3) is 27.8 Å². The lowest BCUT2D eigenvalue weighted by Crippen LogP contribution is -2.62. The number of aromatic nitrogens is 6. The fourth-order valence-corrected chi connectivity index (χ4v) is 10.6. The first kappa shape index (κ1) is 39.0. The van der Waals surface area contributed by atoms with Crippen molar-refractivity contribution >= 4 is 51.6 Å². The second-order valence-corrected chi connectivity index (χ2v) is 17.7. The van der Waals surface area contributed by atoms with Crippen LogP contribution in [0.5, 0.6) is 0 Å². The molecule has 14 heteroatoms. The summed E-state index contributed by atoms with van der Waals surface area (Å²) < 4.78 is 9.42. The van der Waals surface area contributed by atoms with Crippen molar-refractivity contribution in [2.45, 2.75) is 96.1 Å². The van der Waals surface area contributed by atoms with Crippen molar-refractivity contribution in [1.29, 1.82) is 0 Å². The molecule has 4 aliphatic rings. The number of fused-ring (bicyclic) bond motifs is 5. The highest BCUT2D eigenvalue weighted by atomic mass is 16.5. The summed E-state index contributed by atoms with van der Waals surface area (Å²) in [5.41, 5.74) is 9.51. The molecule has 2 aliphatic carbocycles. The number of piperidine rings is 1. The Morgan fingerprint density at radius 3 is 2.59 bits per heavy atom. The van der Waals surface area contributed by atoms with Gasteiger partial charge in [-0.2, -0.15) is 4.98 Å². The van der Waals surface area contributed by atoms with E-state index >= 15 is 0 Å². The van der Waals surface area contributed by atoms with Crippen molar-refractivity contribution in [3.63, 3.8) is 0 Å². The SMILES string of the molecule is C=CCn1c(=O)c2cnc(Nc3ccc(N4CCC(N5CC6(Cc7ccc8c(C(C)CCC(=O)NC=O)noc8c7C6)C5)CC4)cc3)nc2n1-c1ccc2c(n1)C(CC)CC2. The summed E-state index contributed by atoms with van der Waals surface area (Å²) in [6.45, 7) is 12.7. The van der Waals surface area contributed by atoms with Crippen molar-refractivity contribution in [3.8, 4) is 5.82 Å². The Labute approximate surface area is 354 Å². The Hall–Kier alpha value is -6.15. The maximum absolute atomic E-state index is 13.5. The van der Waals surface area contributed by atoms with E-state index in [0.29, 0.717) is 54.1 Å². The highest BCUT2D eigenvalue weighted by Gasteiger charge is 2.50. The Kier molecular flexibility index (Phi) is 10.0. The topological polar surface area (TPSA) is 156 Å². The summed E-state index contributed by atoms with van der Waals surface area (Å²) in [5, 5.41) is 11.5. The van der Waals surface area contributed by atoms with Crippen LogP contribution in [0.1, 0.15) is 92.3 Å². The van der Waals surface area contributed by atoms with E-state index in [1.807, 2.05) is 10.7 Å². The number of carbonyl (C=O) groups is 2. The van der Waals surface area contributed by atoms with Crippen LogP contribution in [0, 0.1) is 5.41 Å². The van der Waals surface area contributed by atoms with Crippen molar-refractivity contribution in [2.24, 2.45) is 5.41 Å². The minimum atomic E-state index is -0.276. The second-order valence-electron chi connectivity index (χ2n) is 17.7. The molecule has 2 atom stereocenters. The second kappa shape index (κ2) is 15.7. The van der Waals surface area contributed by atoms with Crippen LogP contribution in [-0.2, 0) is 35.4 Å². The summed E-state index contributed by atoms with van der Waals surface area (Å²) in [6.07, 6.45) is 12.1. The summed E-state index contributed by atoms with van der Waals surface area (Å²) in [7, 11) is 0. The van der Waals surface area contributed by atoms with Crippen molar-refractivity contribution < 1.29 is 14.1 Å². The van der Waals surface area contributed by atoms with E-state index in [0.717, 1.165) is 99.2 Å². The zero-order valence-corrected chi connectivity index (χ0v) is 34.9. The number of aryl methyl sites for hydroxylation is 1. The highest BCUT2D eigenvalue weighted by molar-refractivity contribution is 5.86. The summed E-state index contributed by atoms with van der Waals surface area (Å²) in [5.74, 6) is 1.28. The van der Waals surface area contributed by atoms with E-state index in [-0.39, 0.29) is 29.2 Å². The molecule has 14 nitrogen and oxygen atoms in total. The van der Waals surface area contributed by atoms with Crippen molar-refractivity contribution in [1.82, 2.24) is 39.7 Å². The standard InChI is InChI=1S/C47H52N10O4/c1-4-20-56-45(60)38-25-48-46(52-44(38)57(56)39-16-10-31-8-7-30(5-2)42(31)51-39)50-33-11-13-34(14-12-33)54-21-18-35(19-22-54)55-26-47(27-55)23-32-9-15-36-41(53-61-43(36)37(32)24-47)29(3)6-17-40(59)49-28-58/h4,9-16,25,28-30,35H,1,5-8,17-24,26-27H2,2-3H3,(H,48,50,52)(H,49,58,59). The van der Waals surface area contributed by atoms with E-state index in [4.69, 9.17) is 14.5 Å². The average molecular weight is 821 g/mol. The van der Waals surface area contributed by atoms with Crippen LogP contribution in [0.15, 0.2) is 76.7 Å². The van der Waals surface area contributed by atoms with Crippen molar-refractivity contribution in [2.75, 3.05) is 36.4 Å². The minimum absolute atomic E-state index is 0.0416. The van der Waals surface area contributed by atoms with Gasteiger partial charge in [-0.1, -0.05) is 37.2 Å². The maximum Gasteiger partial charge on any atom is 0.278 e. The summed E-state index contributed by atoms with van der Waals surface area (Å²) in [4.78, 5) is 55.7. The third kappa shape index (κ3) is 7.00. The molecule has 2 saturated heterocycles.